The second-order valence-electron chi connectivity index (χ2n) is 9.34. The number of hydrogen-bond acceptors (Lipinski definition) is 9. The van der Waals surface area contributed by atoms with Crippen LogP contribution in [0.15, 0.2) is 18.3 Å². The number of aryl methyl sites for hydroxylation is 2. The summed E-state index contributed by atoms with van der Waals surface area (Å²) in [6, 6.07) is 3.02. The molecule has 36 heavy (non-hydrogen) atoms. The van der Waals surface area contributed by atoms with Gasteiger partial charge in [0.25, 0.3) is 5.91 Å². The Morgan fingerprint density at radius 2 is 2.14 bits per heavy atom. The molecule has 0 radical (unpaired) electrons. The molecule has 3 aromatic rings. The van der Waals surface area contributed by atoms with E-state index in [1.165, 1.54) is 11.3 Å². The number of thiophene rings is 1. The van der Waals surface area contributed by atoms with Crippen molar-refractivity contribution in [2.75, 3.05) is 30.3 Å². The number of rotatable bonds is 6. The van der Waals surface area contributed by atoms with Gasteiger partial charge in [-0.3, -0.25) is 4.79 Å². The van der Waals surface area contributed by atoms with Crippen LogP contribution >= 0.6 is 11.3 Å². The maximum absolute atomic E-state index is 14.3. The molecule has 0 saturated carbocycles. The number of fused-ring (bicyclic) bond motifs is 2. The molecule has 192 valence electrons. The number of alkyl halides is 2. The third kappa shape index (κ3) is 4.60. The highest BCUT2D eigenvalue weighted by Crippen LogP contribution is 2.36. The molecule has 9 nitrogen and oxygen atoms in total. The largest absolute Gasteiger partial charge is 0.397 e. The average Bonchev–Trinajstić information content (AvgIpc) is 3.39. The van der Waals surface area contributed by atoms with Crippen LogP contribution in [0.5, 0.6) is 0 Å². The summed E-state index contributed by atoms with van der Waals surface area (Å²) in [6.45, 7) is 3.63. The van der Waals surface area contributed by atoms with Gasteiger partial charge < -0.3 is 26.4 Å². The van der Waals surface area contributed by atoms with Crippen LogP contribution in [0.4, 0.5) is 20.3 Å². The van der Waals surface area contributed by atoms with E-state index in [0.717, 1.165) is 11.3 Å². The topological polar surface area (TPSA) is 132 Å². The molecular formula is C24H29F2N7O2S. The normalized spacial score (nSPS) is 22.1. The first-order chi connectivity index (χ1) is 17.2. The number of anilines is 2. The Balaban J connectivity index is 1.26. The fourth-order valence-electron chi connectivity index (χ4n) is 4.98. The standard InChI is InChI=1S/C24H29F2N7O2S/c1-3-35-24(25,26)16-10-33(11-17(16)27)19-7-4-13-8-14(5-6-18(13)32-19)31-22(34)21-20(28)15-9-29-12(2)30-23(15)36-21/h4,7,9,14,16-17H,3,5-6,8,10-11,27-28H2,1-2H3,(H,31,34). The quantitative estimate of drug-likeness (QED) is 0.455. The van der Waals surface area contributed by atoms with Gasteiger partial charge >= 0.3 is 6.11 Å². The summed E-state index contributed by atoms with van der Waals surface area (Å²) in [5, 5.41) is 3.78. The predicted octanol–water partition coefficient (Wildman–Crippen LogP) is 2.66. The molecule has 1 saturated heterocycles. The summed E-state index contributed by atoms with van der Waals surface area (Å²) >= 11 is 1.26. The van der Waals surface area contributed by atoms with E-state index in [1.54, 1.807) is 24.9 Å². The van der Waals surface area contributed by atoms with Gasteiger partial charge in [0, 0.05) is 37.1 Å². The van der Waals surface area contributed by atoms with E-state index >= 15 is 0 Å². The maximum atomic E-state index is 14.3. The zero-order valence-electron chi connectivity index (χ0n) is 20.1. The average molecular weight is 518 g/mol. The van der Waals surface area contributed by atoms with Crippen molar-refractivity contribution in [3.63, 3.8) is 0 Å². The third-order valence-corrected chi connectivity index (χ3v) is 7.97. The van der Waals surface area contributed by atoms with Gasteiger partial charge in [-0.05, 0) is 44.7 Å². The maximum Gasteiger partial charge on any atom is 0.361 e. The zero-order valence-corrected chi connectivity index (χ0v) is 20.9. The first kappa shape index (κ1) is 24.7. The SMILES string of the molecule is CCOC(F)(F)C1CN(c2ccc3c(n2)CCC(NC(=O)c2sc4nc(C)ncc4c2N)C3)CC1N. The van der Waals surface area contributed by atoms with E-state index in [9.17, 15) is 13.6 Å². The number of pyridine rings is 1. The highest BCUT2D eigenvalue weighted by Gasteiger charge is 2.49. The summed E-state index contributed by atoms with van der Waals surface area (Å²) < 4.78 is 33.3. The number of aromatic nitrogens is 3. The number of ether oxygens (including phenoxy) is 1. The lowest BCUT2D eigenvalue weighted by atomic mass is 9.91. The van der Waals surface area contributed by atoms with E-state index in [1.807, 2.05) is 12.1 Å². The van der Waals surface area contributed by atoms with Crippen LogP contribution in [0.25, 0.3) is 10.2 Å². The Kier molecular flexibility index (Phi) is 6.52. The summed E-state index contributed by atoms with van der Waals surface area (Å²) in [4.78, 5) is 29.2. The van der Waals surface area contributed by atoms with E-state index < -0.39 is 18.1 Å². The van der Waals surface area contributed by atoms with Crippen molar-refractivity contribution in [2.24, 2.45) is 11.7 Å². The molecule has 2 aliphatic rings. The lowest BCUT2D eigenvalue weighted by Gasteiger charge is -2.27. The van der Waals surface area contributed by atoms with Gasteiger partial charge in [-0.2, -0.15) is 8.78 Å². The molecule has 1 fully saturated rings. The van der Waals surface area contributed by atoms with Crippen LogP contribution in [0.1, 0.15) is 40.1 Å². The van der Waals surface area contributed by atoms with Gasteiger partial charge in [-0.25, -0.2) is 15.0 Å². The van der Waals surface area contributed by atoms with Crippen LogP contribution in [-0.2, 0) is 17.6 Å². The van der Waals surface area contributed by atoms with Crippen molar-refractivity contribution in [3.8, 4) is 0 Å². The number of carbonyl (C=O) groups excluding carboxylic acids is 1. The summed E-state index contributed by atoms with van der Waals surface area (Å²) in [6.07, 6.45) is 0.380. The van der Waals surface area contributed by atoms with Gasteiger partial charge in [-0.1, -0.05) is 6.07 Å². The van der Waals surface area contributed by atoms with Crippen LogP contribution < -0.4 is 21.7 Å². The van der Waals surface area contributed by atoms with Gasteiger partial charge in [0.2, 0.25) is 0 Å². The number of nitrogens with zero attached hydrogens (tertiary/aromatic N) is 4. The first-order valence-corrected chi connectivity index (χ1v) is 12.8. The predicted molar refractivity (Wildman–Crippen MR) is 134 cm³/mol. The monoisotopic (exact) mass is 517 g/mol. The molecule has 1 amide bonds. The summed E-state index contributed by atoms with van der Waals surface area (Å²) in [5.74, 6) is -0.0542. The molecule has 5 rings (SSSR count). The Bertz CT molecular complexity index is 1300. The van der Waals surface area contributed by atoms with Crippen LogP contribution in [0.2, 0.25) is 0 Å². The molecule has 12 heteroatoms. The molecule has 4 heterocycles. The van der Waals surface area contributed by atoms with Gasteiger partial charge in [0.1, 0.15) is 21.3 Å². The number of nitrogen functional groups attached to an aromatic ring is 1. The fraction of sp³-hybridized carbons (Fsp3) is 0.500. The second-order valence-corrected chi connectivity index (χ2v) is 10.3. The highest BCUT2D eigenvalue weighted by molar-refractivity contribution is 7.21. The van der Waals surface area contributed by atoms with Crippen molar-refractivity contribution >= 4 is 39.0 Å². The van der Waals surface area contributed by atoms with Gasteiger partial charge in [-0.15, -0.1) is 11.3 Å². The Morgan fingerprint density at radius 3 is 2.92 bits per heavy atom. The van der Waals surface area contributed by atoms with Gasteiger partial charge in [0.15, 0.2) is 0 Å². The van der Waals surface area contributed by atoms with Crippen molar-refractivity contribution in [1.29, 1.82) is 0 Å². The molecule has 5 N–H and O–H groups in total. The molecule has 3 atom stereocenters. The number of amides is 1. The molecule has 1 aliphatic heterocycles. The number of nitrogens with one attached hydrogen (secondary N) is 1. The van der Waals surface area contributed by atoms with Crippen LogP contribution in [-0.4, -0.2) is 58.7 Å². The number of carbonyl (C=O) groups is 1. The van der Waals surface area contributed by atoms with Crippen LogP contribution in [0, 0.1) is 12.8 Å². The minimum atomic E-state index is -3.27. The van der Waals surface area contributed by atoms with Crippen LogP contribution in [0.3, 0.4) is 0 Å². The van der Waals surface area contributed by atoms with E-state index in [-0.39, 0.29) is 31.6 Å². The zero-order chi connectivity index (χ0) is 25.6. The number of hydrogen-bond donors (Lipinski definition) is 3. The van der Waals surface area contributed by atoms with Crippen molar-refractivity contribution in [2.45, 2.75) is 51.3 Å². The second kappa shape index (κ2) is 9.49. The van der Waals surface area contributed by atoms with E-state index in [2.05, 4.69) is 20.0 Å². The minimum absolute atomic E-state index is 0.0652. The third-order valence-electron chi connectivity index (χ3n) is 6.86. The lowest BCUT2D eigenvalue weighted by Crippen LogP contribution is -2.43. The number of nitrogens with two attached hydrogens (primary N) is 2. The van der Waals surface area contributed by atoms with Crippen molar-refractivity contribution in [1.82, 2.24) is 20.3 Å². The Labute approximate surface area is 211 Å². The number of halogens is 2. The van der Waals surface area contributed by atoms with Crippen molar-refractivity contribution in [3.05, 3.63) is 40.3 Å². The molecule has 3 unspecified atom stereocenters. The minimum Gasteiger partial charge on any atom is -0.397 e. The summed E-state index contributed by atoms with van der Waals surface area (Å²) in [7, 11) is 0. The Hall–Kier alpha value is -2.96. The molecule has 3 aromatic heterocycles. The molecular weight excluding hydrogens is 488 g/mol. The lowest BCUT2D eigenvalue weighted by molar-refractivity contribution is -0.266. The van der Waals surface area contributed by atoms with Crippen molar-refractivity contribution < 1.29 is 18.3 Å². The molecule has 0 aromatic carbocycles. The fourth-order valence-corrected chi connectivity index (χ4v) is 5.99. The molecule has 0 spiro atoms. The van der Waals surface area contributed by atoms with E-state index in [4.69, 9.17) is 16.5 Å². The highest BCUT2D eigenvalue weighted by atomic mass is 32.1. The first-order valence-electron chi connectivity index (χ1n) is 12.0. The van der Waals surface area contributed by atoms with E-state index in [0.29, 0.717) is 51.7 Å². The molecule has 0 bridgehead atoms. The summed E-state index contributed by atoms with van der Waals surface area (Å²) in [5.41, 5.74) is 14.6. The smallest absolute Gasteiger partial charge is 0.361 e. The van der Waals surface area contributed by atoms with Gasteiger partial charge in [0.05, 0.1) is 23.6 Å². The Morgan fingerprint density at radius 1 is 1.33 bits per heavy atom. The molecule has 1 aliphatic carbocycles.